The predicted octanol–water partition coefficient (Wildman–Crippen LogP) is -2.62. The zero-order valence-electron chi connectivity index (χ0n) is 6.96. The van der Waals surface area contributed by atoms with Crippen LogP contribution >= 0.6 is 0 Å². The molecule has 4 atom stereocenters. The Balaban J connectivity index is 2.65. The standard InChI is InChI=1S/C7H15NO4/c1-8-2-5(10)7(12)6(11)4(8)3-9/h4-7,9-12H,2-3H2,1H3/t4-,5-,6+,7+/m0/s1. The summed E-state index contributed by atoms with van der Waals surface area (Å²) in [6, 6.07) is -0.483. The lowest BCUT2D eigenvalue weighted by molar-refractivity contribution is -0.138. The summed E-state index contributed by atoms with van der Waals surface area (Å²) in [6.45, 7) is 0.0465. The first-order chi connectivity index (χ1) is 5.57. The van der Waals surface area contributed by atoms with Gasteiger partial charge in [-0.15, -0.1) is 0 Å². The van der Waals surface area contributed by atoms with Gasteiger partial charge in [-0.05, 0) is 7.05 Å². The van der Waals surface area contributed by atoms with E-state index in [0.717, 1.165) is 0 Å². The van der Waals surface area contributed by atoms with Crippen LogP contribution in [0.3, 0.4) is 0 Å². The summed E-state index contributed by atoms with van der Waals surface area (Å²) in [5, 5.41) is 36.6. The Hall–Kier alpha value is -0.200. The number of nitrogens with zero attached hydrogens (tertiary/aromatic N) is 1. The summed E-state index contributed by atoms with van der Waals surface area (Å²) in [4.78, 5) is 1.63. The van der Waals surface area contributed by atoms with E-state index in [1.54, 1.807) is 11.9 Å². The van der Waals surface area contributed by atoms with Crippen molar-refractivity contribution in [1.29, 1.82) is 0 Å². The van der Waals surface area contributed by atoms with Crippen molar-refractivity contribution in [2.45, 2.75) is 24.4 Å². The first-order valence-electron chi connectivity index (χ1n) is 3.93. The van der Waals surface area contributed by atoms with E-state index in [1.165, 1.54) is 0 Å². The molecule has 1 aliphatic rings. The summed E-state index contributed by atoms with van der Waals surface area (Å²) in [6.07, 6.45) is -3.17. The summed E-state index contributed by atoms with van der Waals surface area (Å²) in [7, 11) is 1.68. The van der Waals surface area contributed by atoms with Gasteiger partial charge in [0.2, 0.25) is 0 Å². The number of likely N-dealkylation sites (N-methyl/N-ethyl adjacent to an activating group) is 1. The zero-order chi connectivity index (χ0) is 9.30. The zero-order valence-corrected chi connectivity index (χ0v) is 6.96. The van der Waals surface area contributed by atoms with Crippen molar-refractivity contribution in [2.75, 3.05) is 20.2 Å². The average Bonchev–Trinajstić information content (AvgIpc) is 2.01. The molecular weight excluding hydrogens is 162 g/mol. The number of hydrogen-bond donors (Lipinski definition) is 4. The number of rotatable bonds is 1. The monoisotopic (exact) mass is 177 g/mol. The predicted molar refractivity (Wildman–Crippen MR) is 41.5 cm³/mol. The highest BCUT2D eigenvalue weighted by atomic mass is 16.4. The third-order valence-corrected chi connectivity index (χ3v) is 2.37. The van der Waals surface area contributed by atoms with E-state index >= 15 is 0 Å². The molecular formula is C7H15NO4. The molecule has 0 aliphatic carbocycles. The smallest absolute Gasteiger partial charge is 0.109 e. The minimum atomic E-state index is -1.15. The minimum absolute atomic E-state index is 0.221. The molecule has 0 amide bonds. The maximum atomic E-state index is 9.37. The van der Waals surface area contributed by atoms with Crippen molar-refractivity contribution in [3.63, 3.8) is 0 Å². The molecule has 12 heavy (non-hydrogen) atoms. The molecule has 5 nitrogen and oxygen atoms in total. The molecule has 5 heteroatoms. The van der Waals surface area contributed by atoms with E-state index in [9.17, 15) is 15.3 Å². The maximum Gasteiger partial charge on any atom is 0.109 e. The quantitative estimate of drug-likeness (QED) is 0.352. The number of β-amino-alcohol motifs (C(OH)–C–C–N with tert-alkyl or cyclic N) is 1. The lowest BCUT2D eigenvalue weighted by Gasteiger charge is -2.40. The second-order valence-electron chi connectivity index (χ2n) is 3.24. The van der Waals surface area contributed by atoms with E-state index in [2.05, 4.69) is 0 Å². The summed E-state index contributed by atoms with van der Waals surface area (Å²) in [5.74, 6) is 0. The normalized spacial score (nSPS) is 44.8. The van der Waals surface area contributed by atoms with Crippen molar-refractivity contribution in [3.05, 3.63) is 0 Å². The molecule has 1 rings (SSSR count). The van der Waals surface area contributed by atoms with Gasteiger partial charge in [-0.3, -0.25) is 4.90 Å². The van der Waals surface area contributed by atoms with Gasteiger partial charge in [-0.1, -0.05) is 0 Å². The highest BCUT2D eigenvalue weighted by Crippen LogP contribution is 2.16. The third-order valence-electron chi connectivity index (χ3n) is 2.37. The Morgan fingerprint density at radius 2 is 1.83 bits per heavy atom. The van der Waals surface area contributed by atoms with Crippen LogP contribution in [0.25, 0.3) is 0 Å². The molecule has 0 bridgehead atoms. The molecule has 72 valence electrons. The number of likely N-dealkylation sites (tertiary alicyclic amines) is 1. The number of piperidine rings is 1. The van der Waals surface area contributed by atoms with Crippen molar-refractivity contribution < 1.29 is 20.4 Å². The number of hydrogen-bond acceptors (Lipinski definition) is 5. The lowest BCUT2D eigenvalue weighted by Crippen LogP contribution is -2.61. The second-order valence-corrected chi connectivity index (χ2v) is 3.24. The van der Waals surface area contributed by atoms with Crippen LogP contribution in [0.2, 0.25) is 0 Å². The van der Waals surface area contributed by atoms with Crippen molar-refractivity contribution in [3.8, 4) is 0 Å². The summed E-state index contributed by atoms with van der Waals surface area (Å²) in [5.41, 5.74) is 0. The fourth-order valence-corrected chi connectivity index (χ4v) is 1.50. The fourth-order valence-electron chi connectivity index (χ4n) is 1.50. The van der Waals surface area contributed by atoms with Gasteiger partial charge in [0, 0.05) is 6.54 Å². The molecule has 0 unspecified atom stereocenters. The third kappa shape index (κ3) is 1.60. The minimum Gasteiger partial charge on any atom is -0.395 e. The van der Waals surface area contributed by atoms with Gasteiger partial charge >= 0.3 is 0 Å². The van der Waals surface area contributed by atoms with E-state index in [-0.39, 0.29) is 13.2 Å². The molecule has 0 aromatic heterocycles. The van der Waals surface area contributed by atoms with Crippen molar-refractivity contribution >= 4 is 0 Å². The van der Waals surface area contributed by atoms with Crippen molar-refractivity contribution in [1.82, 2.24) is 4.90 Å². The maximum absolute atomic E-state index is 9.37. The van der Waals surface area contributed by atoms with Gasteiger partial charge in [-0.2, -0.15) is 0 Å². The highest BCUT2D eigenvalue weighted by Gasteiger charge is 2.39. The molecule has 4 N–H and O–H groups in total. The molecule has 1 fully saturated rings. The molecule has 0 radical (unpaired) electrons. The van der Waals surface area contributed by atoms with Crippen LogP contribution in [0.5, 0.6) is 0 Å². The van der Waals surface area contributed by atoms with Crippen LogP contribution in [-0.4, -0.2) is 69.9 Å². The van der Waals surface area contributed by atoms with Gasteiger partial charge in [0.15, 0.2) is 0 Å². The van der Waals surface area contributed by atoms with E-state index < -0.39 is 24.4 Å². The van der Waals surface area contributed by atoms with E-state index in [0.29, 0.717) is 0 Å². The van der Waals surface area contributed by atoms with E-state index in [4.69, 9.17) is 5.11 Å². The fraction of sp³-hybridized carbons (Fsp3) is 1.00. The van der Waals surface area contributed by atoms with Crippen LogP contribution < -0.4 is 0 Å². The Morgan fingerprint density at radius 1 is 1.25 bits per heavy atom. The van der Waals surface area contributed by atoms with Crippen molar-refractivity contribution in [2.24, 2.45) is 0 Å². The number of aliphatic hydroxyl groups excluding tert-OH is 4. The lowest BCUT2D eigenvalue weighted by atomic mass is 9.95. The van der Waals surface area contributed by atoms with E-state index in [1.807, 2.05) is 0 Å². The molecule has 0 spiro atoms. The highest BCUT2D eigenvalue weighted by molar-refractivity contribution is 4.92. The van der Waals surface area contributed by atoms with Crippen LogP contribution in [-0.2, 0) is 0 Å². The van der Waals surface area contributed by atoms with Gasteiger partial charge in [0.05, 0.1) is 18.8 Å². The molecule has 1 heterocycles. The summed E-state index contributed by atoms with van der Waals surface area (Å²) < 4.78 is 0. The molecule has 1 saturated heterocycles. The van der Waals surface area contributed by atoms with Gasteiger partial charge in [-0.25, -0.2) is 0 Å². The molecule has 0 aromatic carbocycles. The van der Waals surface area contributed by atoms with Gasteiger partial charge in [0.1, 0.15) is 12.2 Å². The molecule has 0 saturated carbocycles. The summed E-state index contributed by atoms with van der Waals surface area (Å²) >= 11 is 0. The Morgan fingerprint density at radius 3 is 2.33 bits per heavy atom. The first-order valence-corrected chi connectivity index (χ1v) is 3.93. The van der Waals surface area contributed by atoms with Gasteiger partial charge in [0.25, 0.3) is 0 Å². The molecule has 1 aliphatic heterocycles. The van der Waals surface area contributed by atoms with Crippen LogP contribution in [0.1, 0.15) is 0 Å². The van der Waals surface area contributed by atoms with Crippen LogP contribution in [0, 0.1) is 0 Å². The average molecular weight is 177 g/mol. The SMILES string of the molecule is CN1C[C@H](O)[C@@H](O)[C@H](O)[C@@H]1CO. The Bertz CT molecular complexity index is 154. The Labute approximate surface area is 70.9 Å². The first kappa shape index (κ1) is 9.88. The Kier molecular flexibility index (Phi) is 3.03. The second kappa shape index (κ2) is 3.68. The number of aliphatic hydroxyl groups is 4. The van der Waals surface area contributed by atoms with Crippen LogP contribution in [0.15, 0.2) is 0 Å². The van der Waals surface area contributed by atoms with Crippen LogP contribution in [0.4, 0.5) is 0 Å². The van der Waals surface area contributed by atoms with Gasteiger partial charge < -0.3 is 20.4 Å². The topological polar surface area (TPSA) is 84.2 Å². The molecule has 0 aromatic rings. The largest absolute Gasteiger partial charge is 0.395 e.